The largest absolute Gasteiger partial charge is 0.453 e. The molecule has 0 spiro atoms. The third kappa shape index (κ3) is 2.82. The lowest BCUT2D eigenvalue weighted by atomic mass is 10.5. The monoisotopic (exact) mass is 247 g/mol. The van der Waals surface area contributed by atoms with Crippen LogP contribution < -0.4 is 5.32 Å². The first-order valence-corrected chi connectivity index (χ1v) is 5.41. The van der Waals surface area contributed by atoms with Crippen molar-refractivity contribution in [3.8, 4) is 11.6 Å². The summed E-state index contributed by atoms with van der Waals surface area (Å²) in [5.41, 5.74) is 0. The molecule has 0 aromatic carbocycles. The fourth-order valence-electron chi connectivity index (χ4n) is 1.46. The number of carbonyl (C=O) groups excluding carboxylic acids is 1. The number of alkyl carbamates (subject to hydrolysis) is 1. The first-order valence-electron chi connectivity index (χ1n) is 5.41. The maximum Gasteiger partial charge on any atom is 0.406 e. The van der Waals surface area contributed by atoms with Crippen LogP contribution in [0.1, 0.15) is 0 Å². The molecule has 18 heavy (non-hydrogen) atoms. The Bertz CT molecular complexity index is 511. The zero-order valence-corrected chi connectivity index (χ0v) is 9.91. The van der Waals surface area contributed by atoms with Crippen molar-refractivity contribution in [1.82, 2.24) is 24.8 Å². The summed E-state index contributed by atoms with van der Waals surface area (Å²) in [6.45, 7) is 1.02. The van der Waals surface area contributed by atoms with Crippen molar-refractivity contribution in [2.24, 2.45) is 0 Å². The Labute approximate surface area is 104 Å². The van der Waals surface area contributed by atoms with E-state index in [1.54, 1.807) is 24.7 Å². The van der Waals surface area contributed by atoms with Gasteiger partial charge in [0.15, 0.2) is 11.6 Å². The molecule has 0 radical (unpaired) electrons. The van der Waals surface area contributed by atoms with Crippen molar-refractivity contribution in [3.05, 3.63) is 30.9 Å². The molecule has 0 saturated heterocycles. The van der Waals surface area contributed by atoms with E-state index >= 15 is 0 Å². The highest BCUT2D eigenvalue weighted by atomic mass is 16.5. The highest BCUT2D eigenvalue weighted by Crippen LogP contribution is 2.10. The fourth-order valence-corrected chi connectivity index (χ4v) is 1.46. The molecule has 2 rings (SSSR count). The minimum absolute atomic E-state index is 0.447. The molecule has 0 aliphatic rings. The normalized spacial score (nSPS) is 10.1. The molecule has 2 aromatic rings. The van der Waals surface area contributed by atoms with Crippen LogP contribution in [0.15, 0.2) is 30.9 Å². The second kappa shape index (κ2) is 5.76. The van der Waals surface area contributed by atoms with Gasteiger partial charge in [0.1, 0.15) is 0 Å². The van der Waals surface area contributed by atoms with Crippen molar-refractivity contribution in [2.45, 2.75) is 6.54 Å². The molecule has 7 heteroatoms. The Morgan fingerprint density at radius 3 is 2.83 bits per heavy atom. The minimum Gasteiger partial charge on any atom is -0.453 e. The number of ether oxygens (including phenoxy) is 1. The maximum absolute atomic E-state index is 10.9. The van der Waals surface area contributed by atoms with Crippen LogP contribution in [0.4, 0.5) is 4.79 Å². The smallest absolute Gasteiger partial charge is 0.406 e. The van der Waals surface area contributed by atoms with E-state index in [4.69, 9.17) is 0 Å². The molecular weight excluding hydrogens is 234 g/mol. The van der Waals surface area contributed by atoms with E-state index in [0.29, 0.717) is 24.7 Å². The van der Waals surface area contributed by atoms with E-state index in [9.17, 15) is 4.79 Å². The predicted molar refractivity (Wildman–Crippen MR) is 63.7 cm³/mol. The zero-order chi connectivity index (χ0) is 12.8. The van der Waals surface area contributed by atoms with Gasteiger partial charge in [-0.05, 0) is 6.07 Å². The van der Waals surface area contributed by atoms with Gasteiger partial charge in [0.25, 0.3) is 0 Å². The summed E-state index contributed by atoms with van der Waals surface area (Å²) in [4.78, 5) is 23.4. The van der Waals surface area contributed by atoms with Crippen LogP contribution in [0.2, 0.25) is 0 Å². The van der Waals surface area contributed by atoms with Crippen LogP contribution in [0, 0.1) is 0 Å². The molecule has 1 N–H and O–H groups in total. The summed E-state index contributed by atoms with van der Waals surface area (Å²) in [6.07, 6.45) is 6.35. The zero-order valence-electron chi connectivity index (χ0n) is 9.91. The van der Waals surface area contributed by atoms with Gasteiger partial charge in [0.05, 0.1) is 7.11 Å². The van der Waals surface area contributed by atoms with E-state index in [2.05, 4.69) is 25.0 Å². The average molecular weight is 247 g/mol. The molecule has 2 heterocycles. The van der Waals surface area contributed by atoms with E-state index in [1.165, 1.54) is 7.11 Å². The van der Waals surface area contributed by atoms with Gasteiger partial charge in [-0.3, -0.25) is 0 Å². The Kier molecular flexibility index (Phi) is 3.85. The van der Waals surface area contributed by atoms with Crippen molar-refractivity contribution in [1.29, 1.82) is 0 Å². The van der Waals surface area contributed by atoms with Gasteiger partial charge < -0.3 is 14.6 Å². The van der Waals surface area contributed by atoms with Gasteiger partial charge >= 0.3 is 6.09 Å². The van der Waals surface area contributed by atoms with Crippen LogP contribution >= 0.6 is 0 Å². The Hall–Kier alpha value is -2.44. The van der Waals surface area contributed by atoms with Gasteiger partial charge in [-0.1, -0.05) is 0 Å². The Morgan fingerprint density at radius 2 is 2.11 bits per heavy atom. The van der Waals surface area contributed by atoms with Crippen molar-refractivity contribution in [2.75, 3.05) is 13.7 Å². The van der Waals surface area contributed by atoms with E-state index in [1.807, 2.05) is 10.8 Å². The standard InChI is InChI=1S/C11H13N5O2/c1-18-11(17)15-6-8-16-7-5-14-10(16)9-12-3-2-4-13-9/h2-5,7H,6,8H2,1H3,(H,15,17). The first kappa shape index (κ1) is 12.0. The van der Waals surface area contributed by atoms with Crippen molar-refractivity contribution < 1.29 is 9.53 Å². The molecule has 7 nitrogen and oxygen atoms in total. The third-order valence-corrected chi connectivity index (χ3v) is 2.29. The van der Waals surface area contributed by atoms with E-state index in [0.717, 1.165) is 0 Å². The number of rotatable bonds is 4. The number of carbonyl (C=O) groups is 1. The molecule has 94 valence electrons. The molecule has 2 aromatic heterocycles. The molecule has 0 aliphatic carbocycles. The number of hydrogen-bond donors (Lipinski definition) is 1. The summed E-state index contributed by atoms with van der Waals surface area (Å²) >= 11 is 0. The molecule has 0 aliphatic heterocycles. The lowest BCUT2D eigenvalue weighted by molar-refractivity contribution is 0.170. The van der Waals surface area contributed by atoms with Gasteiger partial charge in [0, 0.05) is 37.9 Å². The fraction of sp³-hybridized carbons (Fsp3) is 0.273. The first-order chi connectivity index (χ1) is 8.81. The second-order valence-electron chi connectivity index (χ2n) is 3.43. The minimum atomic E-state index is -0.451. The SMILES string of the molecule is COC(=O)NCCn1ccnc1-c1ncccn1. The Morgan fingerprint density at radius 1 is 1.33 bits per heavy atom. The summed E-state index contributed by atoms with van der Waals surface area (Å²) in [5, 5.41) is 2.60. The summed E-state index contributed by atoms with van der Waals surface area (Å²) in [6, 6.07) is 1.75. The summed E-state index contributed by atoms with van der Waals surface area (Å²) < 4.78 is 6.35. The lowest BCUT2D eigenvalue weighted by Crippen LogP contribution is -2.27. The van der Waals surface area contributed by atoms with Crippen LogP contribution in [0.5, 0.6) is 0 Å². The molecular formula is C11H13N5O2. The van der Waals surface area contributed by atoms with Crippen LogP contribution in [-0.2, 0) is 11.3 Å². The van der Waals surface area contributed by atoms with E-state index < -0.39 is 6.09 Å². The van der Waals surface area contributed by atoms with Crippen molar-refractivity contribution in [3.63, 3.8) is 0 Å². The van der Waals surface area contributed by atoms with Crippen LogP contribution in [-0.4, -0.2) is 39.3 Å². The summed E-state index contributed by atoms with van der Waals surface area (Å²) in [5.74, 6) is 1.22. The van der Waals surface area contributed by atoms with Gasteiger partial charge in [0.2, 0.25) is 0 Å². The van der Waals surface area contributed by atoms with Crippen LogP contribution in [0.25, 0.3) is 11.6 Å². The van der Waals surface area contributed by atoms with Gasteiger partial charge in [-0.15, -0.1) is 0 Å². The molecule has 0 fully saturated rings. The number of aromatic nitrogens is 4. The highest BCUT2D eigenvalue weighted by molar-refractivity contribution is 5.66. The molecule has 0 saturated carbocycles. The Balaban J connectivity index is 2.03. The molecule has 0 atom stereocenters. The van der Waals surface area contributed by atoms with Crippen molar-refractivity contribution >= 4 is 6.09 Å². The van der Waals surface area contributed by atoms with Gasteiger partial charge in [-0.25, -0.2) is 19.7 Å². The predicted octanol–water partition coefficient (Wildman–Crippen LogP) is 0.696. The van der Waals surface area contributed by atoms with E-state index in [-0.39, 0.29) is 0 Å². The highest BCUT2D eigenvalue weighted by Gasteiger charge is 2.08. The molecule has 0 bridgehead atoms. The number of nitrogens with one attached hydrogen (secondary N) is 1. The lowest BCUT2D eigenvalue weighted by Gasteiger charge is -2.07. The van der Waals surface area contributed by atoms with Gasteiger partial charge in [-0.2, -0.15) is 0 Å². The number of nitrogens with zero attached hydrogens (tertiary/aromatic N) is 4. The number of imidazole rings is 1. The average Bonchev–Trinajstić information content (AvgIpc) is 2.88. The number of amides is 1. The number of methoxy groups -OCH3 is 1. The molecule has 0 unspecified atom stereocenters. The number of hydrogen-bond acceptors (Lipinski definition) is 5. The second-order valence-corrected chi connectivity index (χ2v) is 3.43. The third-order valence-electron chi connectivity index (χ3n) is 2.29. The topological polar surface area (TPSA) is 81.9 Å². The quantitative estimate of drug-likeness (QED) is 0.859. The molecule has 1 amide bonds. The maximum atomic E-state index is 10.9. The summed E-state index contributed by atoms with van der Waals surface area (Å²) in [7, 11) is 1.33. The van der Waals surface area contributed by atoms with Crippen LogP contribution in [0.3, 0.4) is 0 Å².